The lowest BCUT2D eigenvalue weighted by atomic mass is 9.97. The van der Waals surface area contributed by atoms with Crippen LogP contribution in [0, 0.1) is 0 Å². The van der Waals surface area contributed by atoms with Crippen LogP contribution < -0.4 is 10.1 Å². The Morgan fingerprint density at radius 3 is 2.15 bits per heavy atom. The molecule has 0 fully saturated rings. The molecule has 2 aromatic rings. The zero-order valence-corrected chi connectivity index (χ0v) is 12.3. The minimum atomic E-state index is -0.340. The van der Waals surface area contributed by atoms with Gasteiger partial charge in [0.1, 0.15) is 5.75 Å². The predicted octanol–water partition coefficient (Wildman–Crippen LogP) is 3.26. The fraction of sp³-hybridized carbons (Fsp3) is 0.188. The van der Waals surface area contributed by atoms with Gasteiger partial charge in [0.2, 0.25) is 0 Å². The summed E-state index contributed by atoms with van der Waals surface area (Å²) in [5, 5.41) is 3.06. The third-order valence-electron chi connectivity index (χ3n) is 3.06. The Morgan fingerprint density at radius 2 is 1.65 bits per heavy atom. The maximum Gasteiger partial charge on any atom is 0.184 e. The van der Waals surface area contributed by atoms with E-state index >= 15 is 0 Å². The summed E-state index contributed by atoms with van der Waals surface area (Å²) in [5.41, 5.74) is 1.63. The number of Topliss-reactive ketones (excluding diaryl/α,β-unsaturated/α-hetero) is 1. The highest BCUT2D eigenvalue weighted by atomic mass is 35.5. The fourth-order valence-electron chi connectivity index (χ4n) is 2.01. The SMILES string of the molecule is CNC(C(=O)c1ccccc1)c1ccc(OC)cc1.Cl. The Balaban J connectivity index is 0.00000200. The maximum atomic E-state index is 12.4. The average Bonchev–Trinajstić information content (AvgIpc) is 2.49. The molecule has 3 nitrogen and oxygen atoms in total. The van der Waals surface area contributed by atoms with Crippen LogP contribution in [0.3, 0.4) is 0 Å². The van der Waals surface area contributed by atoms with Crippen LogP contribution in [0.25, 0.3) is 0 Å². The van der Waals surface area contributed by atoms with Crippen LogP contribution in [0.15, 0.2) is 54.6 Å². The molecule has 1 N–H and O–H groups in total. The van der Waals surface area contributed by atoms with Crippen LogP contribution in [-0.4, -0.2) is 19.9 Å². The Morgan fingerprint density at radius 1 is 1.05 bits per heavy atom. The lowest BCUT2D eigenvalue weighted by Crippen LogP contribution is -2.25. The van der Waals surface area contributed by atoms with Crippen LogP contribution in [0.1, 0.15) is 22.0 Å². The van der Waals surface area contributed by atoms with Crippen LogP contribution in [0.4, 0.5) is 0 Å². The average molecular weight is 292 g/mol. The summed E-state index contributed by atoms with van der Waals surface area (Å²) in [6.45, 7) is 0. The van der Waals surface area contributed by atoms with Gasteiger partial charge < -0.3 is 10.1 Å². The summed E-state index contributed by atoms with van der Waals surface area (Å²) in [6.07, 6.45) is 0. The molecule has 0 bridgehead atoms. The Kier molecular flexibility index (Phi) is 6.22. The van der Waals surface area contributed by atoms with Crippen LogP contribution in [0.2, 0.25) is 0 Å². The second-order valence-electron chi connectivity index (χ2n) is 4.23. The molecule has 0 amide bonds. The van der Waals surface area contributed by atoms with Gasteiger partial charge in [-0.2, -0.15) is 0 Å². The van der Waals surface area contributed by atoms with Crippen LogP contribution >= 0.6 is 12.4 Å². The minimum absolute atomic E-state index is 0. The zero-order chi connectivity index (χ0) is 13.7. The lowest BCUT2D eigenvalue weighted by Gasteiger charge is -2.16. The molecule has 2 aromatic carbocycles. The van der Waals surface area contributed by atoms with Gasteiger partial charge in [-0.3, -0.25) is 4.79 Å². The number of benzene rings is 2. The normalized spacial score (nSPS) is 11.3. The number of ketones is 1. The van der Waals surface area contributed by atoms with Gasteiger partial charge in [0.05, 0.1) is 13.2 Å². The number of halogens is 1. The van der Waals surface area contributed by atoms with Crippen molar-refractivity contribution in [3.63, 3.8) is 0 Å². The van der Waals surface area contributed by atoms with Crippen molar-refractivity contribution in [2.24, 2.45) is 0 Å². The fourth-order valence-corrected chi connectivity index (χ4v) is 2.01. The van der Waals surface area contributed by atoms with Crippen molar-refractivity contribution in [3.8, 4) is 5.75 Å². The van der Waals surface area contributed by atoms with E-state index in [9.17, 15) is 4.79 Å². The van der Waals surface area contributed by atoms with E-state index in [0.717, 1.165) is 11.3 Å². The Labute approximate surface area is 125 Å². The largest absolute Gasteiger partial charge is 0.497 e. The van der Waals surface area contributed by atoms with Crippen molar-refractivity contribution >= 4 is 18.2 Å². The number of methoxy groups -OCH3 is 1. The summed E-state index contributed by atoms with van der Waals surface area (Å²) < 4.78 is 5.12. The standard InChI is InChI=1S/C16H17NO2.ClH/c1-17-15(12-8-10-14(19-2)11-9-12)16(18)13-6-4-3-5-7-13;/h3-11,15,17H,1-2H3;1H. The smallest absolute Gasteiger partial charge is 0.184 e. The van der Waals surface area contributed by atoms with E-state index in [1.165, 1.54) is 0 Å². The van der Waals surface area contributed by atoms with E-state index < -0.39 is 0 Å². The third-order valence-corrected chi connectivity index (χ3v) is 3.06. The summed E-state index contributed by atoms with van der Waals surface area (Å²) in [6, 6.07) is 16.5. The third kappa shape index (κ3) is 3.59. The Hall–Kier alpha value is -1.84. The van der Waals surface area contributed by atoms with Gasteiger partial charge >= 0.3 is 0 Å². The van der Waals surface area contributed by atoms with Gasteiger partial charge in [0.25, 0.3) is 0 Å². The summed E-state index contributed by atoms with van der Waals surface area (Å²) in [5.74, 6) is 0.846. The van der Waals surface area contributed by atoms with Crippen LogP contribution in [-0.2, 0) is 0 Å². The molecule has 0 aromatic heterocycles. The highest BCUT2D eigenvalue weighted by molar-refractivity contribution is 6.00. The van der Waals surface area contributed by atoms with Crippen molar-refractivity contribution in [2.45, 2.75) is 6.04 Å². The topological polar surface area (TPSA) is 38.3 Å². The minimum Gasteiger partial charge on any atom is -0.497 e. The molecule has 2 rings (SSSR count). The molecule has 20 heavy (non-hydrogen) atoms. The highest BCUT2D eigenvalue weighted by Gasteiger charge is 2.19. The first kappa shape index (κ1) is 16.2. The first-order valence-corrected chi connectivity index (χ1v) is 6.16. The van der Waals surface area contributed by atoms with E-state index in [2.05, 4.69) is 5.32 Å². The van der Waals surface area contributed by atoms with Gasteiger partial charge in [-0.05, 0) is 24.7 Å². The molecule has 0 heterocycles. The molecule has 106 valence electrons. The monoisotopic (exact) mass is 291 g/mol. The van der Waals surface area contributed by atoms with Gasteiger partial charge in [-0.15, -0.1) is 12.4 Å². The van der Waals surface area contributed by atoms with E-state index in [0.29, 0.717) is 5.56 Å². The predicted molar refractivity (Wildman–Crippen MR) is 82.8 cm³/mol. The summed E-state index contributed by atoms with van der Waals surface area (Å²) in [4.78, 5) is 12.4. The van der Waals surface area contributed by atoms with E-state index in [1.807, 2.05) is 54.6 Å². The summed E-state index contributed by atoms with van der Waals surface area (Å²) >= 11 is 0. The second kappa shape index (κ2) is 7.68. The van der Waals surface area contributed by atoms with E-state index in [1.54, 1.807) is 14.2 Å². The molecular formula is C16H18ClNO2. The zero-order valence-electron chi connectivity index (χ0n) is 11.5. The van der Waals surface area contributed by atoms with Crippen molar-refractivity contribution in [1.29, 1.82) is 0 Å². The van der Waals surface area contributed by atoms with E-state index in [4.69, 9.17) is 4.74 Å². The molecule has 0 radical (unpaired) electrons. The van der Waals surface area contributed by atoms with E-state index in [-0.39, 0.29) is 24.2 Å². The van der Waals surface area contributed by atoms with Crippen molar-refractivity contribution < 1.29 is 9.53 Å². The number of rotatable bonds is 5. The van der Waals surface area contributed by atoms with Gasteiger partial charge in [-0.25, -0.2) is 0 Å². The second-order valence-corrected chi connectivity index (χ2v) is 4.23. The van der Waals surface area contributed by atoms with Gasteiger partial charge in [0.15, 0.2) is 5.78 Å². The summed E-state index contributed by atoms with van der Waals surface area (Å²) in [7, 11) is 3.41. The number of nitrogens with one attached hydrogen (secondary N) is 1. The molecule has 4 heteroatoms. The first-order valence-electron chi connectivity index (χ1n) is 6.16. The number of hydrogen-bond acceptors (Lipinski definition) is 3. The number of hydrogen-bond donors (Lipinski definition) is 1. The Bertz CT molecular complexity index is 540. The quantitative estimate of drug-likeness (QED) is 0.859. The lowest BCUT2D eigenvalue weighted by molar-refractivity contribution is 0.0947. The van der Waals surface area contributed by atoms with Gasteiger partial charge in [0, 0.05) is 5.56 Å². The number of carbonyl (C=O) groups is 1. The number of carbonyl (C=O) groups excluding carboxylic acids is 1. The first-order chi connectivity index (χ1) is 9.26. The molecular weight excluding hydrogens is 274 g/mol. The molecule has 1 atom stereocenters. The van der Waals surface area contributed by atoms with Crippen molar-refractivity contribution in [3.05, 3.63) is 65.7 Å². The molecule has 0 saturated heterocycles. The molecule has 0 saturated carbocycles. The highest BCUT2D eigenvalue weighted by Crippen LogP contribution is 2.21. The van der Waals surface area contributed by atoms with Crippen molar-refractivity contribution in [1.82, 2.24) is 5.32 Å². The number of ether oxygens (including phenoxy) is 1. The molecule has 0 aliphatic heterocycles. The van der Waals surface area contributed by atoms with Crippen LogP contribution in [0.5, 0.6) is 5.75 Å². The molecule has 0 spiro atoms. The molecule has 0 aliphatic carbocycles. The molecule has 1 unspecified atom stereocenters. The maximum absolute atomic E-state index is 12.4. The number of likely N-dealkylation sites (N-methyl/N-ethyl adjacent to an activating group) is 1. The van der Waals surface area contributed by atoms with Crippen molar-refractivity contribution in [2.75, 3.05) is 14.2 Å². The van der Waals surface area contributed by atoms with Gasteiger partial charge in [-0.1, -0.05) is 42.5 Å². The molecule has 0 aliphatic rings.